The summed E-state index contributed by atoms with van der Waals surface area (Å²) in [5.74, 6) is -4.46. The summed E-state index contributed by atoms with van der Waals surface area (Å²) in [6, 6.07) is 0. The molecule has 0 fully saturated rings. The largest absolute Gasteiger partial charge is 0.305 e. The predicted molar refractivity (Wildman–Crippen MR) is 34.6 cm³/mol. The topological polar surface area (TPSA) is 32.9 Å². The third kappa shape index (κ3) is 1.30. The number of rotatable bonds is 0. The molecule has 1 N–H and O–H groups in total. The Morgan fingerprint density at radius 3 is 2.27 bits per heavy atom. The Balaban J connectivity index is 3.59. The molecule has 0 aliphatic rings. The summed E-state index contributed by atoms with van der Waals surface area (Å²) < 4.78 is 36.1. The molecule has 0 aromatic carbocycles. The molecule has 0 aliphatic carbocycles. The van der Waals surface area contributed by atoms with Crippen LogP contribution in [0.5, 0.6) is 0 Å². The van der Waals surface area contributed by atoms with Crippen molar-refractivity contribution in [3.05, 3.63) is 32.4 Å². The van der Waals surface area contributed by atoms with Gasteiger partial charge in [0.1, 0.15) is 4.47 Å². The van der Waals surface area contributed by atoms with E-state index in [1.54, 1.807) is 0 Å². The number of H-pyrrole nitrogens is 1. The van der Waals surface area contributed by atoms with Crippen LogP contribution in [0.1, 0.15) is 0 Å². The molecule has 0 saturated carbocycles. The second kappa shape index (κ2) is 2.69. The van der Waals surface area contributed by atoms with E-state index < -0.39 is 27.6 Å². The van der Waals surface area contributed by atoms with Crippen LogP contribution in [0.3, 0.4) is 0 Å². The molecule has 11 heavy (non-hydrogen) atoms. The zero-order valence-electron chi connectivity index (χ0n) is 4.92. The van der Waals surface area contributed by atoms with E-state index in [9.17, 15) is 18.0 Å². The van der Waals surface area contributed by atoms with Gasteiger partial charge in [-0.15, -0.1) is 0 Å². The molecule has 6 heteroatoms. The van der Waals surface area contributed by atoms with E-state index in [0.717, 1.165) is 0 Å². The van der Waals surface area contributed by atoms with E-state index in [0.29, 0.717) is 0 Å². The summed E-state index contributed by atoms with van der Waals surface area (Å²) in [5.41, 5.74) is -1.33. The normalized spacial score (nSPS) is 10.2. The molecule has 1 heterocycles. The molecule has 0 unspecified atom stereocenters. The van der Waals surface area contributed by atoms with Gasteiger partial charge in [-0.05, 0) is 15.9 Å². The van der Waals surface area contributed by atoms with Crippen molar-refractivity contribution >= 4 is 15.9 Å². The Morgan fingerprint density at radius 1 is 1.18 bits per heavy atom. The molecule has 1 aromatic heterocycles. The average Bonchev–Trinajstić information content (AvgIpc) is 1.97. The number of nitrogens with one attached hydrogen (secondary N) is 1. The fraction of sp³-hybridized carbons (Fsp3) is 0. The van der Waals surface area contributed by atoms with E-state index in [2.05, 4.69) is 15.9 Å². The van der Waals surface area contributed by atoms with Crippen LogP contribution in [0.25, 0.3) is 0 Å². The van der Waals surface area contributed by atoms with Gasteiger partial charge in [-0.3, -0.25) is 4.79 Å². The first-order valence-electron chi connectivity index (χ1n) is 2.46. The molecule has 1 rings (SSSR count). The summed E-state index contributed by atoms with van der Waals surface area (Å²) in [7, 11) is 0. The lowest BCUT2D eigenvalue weighted by molar-refractivity contribution is 0.438. The Bertz CT molecular complexity index is 319. The summed E-state index contributed by atoms with van der Waals surface area (Å²) in [5, 5.41) is 0. The maximum absolute atomic E-state index is 12.3. The van der Waals surface area contributed by atoms with Crippen molar-refractivity contribution in [3.63, 3.8) is 0 Å². The fourth-order valence-electron chi connectivity index (χ4n) is 0.502. The van der Waals surface area contributed by atoms with Crippen LogP contribution in [-0.2, 0) is 0 Å². The molecule has 0 bridgehead atoms. The predicted octanol–water partition coefficient (Wildman–Crippen LogP) is 1.55. The van der Waals surface area contributed by atoms with Crippen molar-refractivity contribution in [2.75, 3.05) is 0 Å². The second-order valence-electron chi connectivity index (χ2n) is 1.71. The summed E-state index contributed by atoms with van der Waals surface area (Å²) >= 11 is 2.44. The standard InChI is InChI=1S/C5HBrF3NO/c6-1-3(11)2(7)5(9)10-4(1)8/h(H,10,11). The quantitative estimate of drug-likeness (QED) is 0.671. The van der Waals surface area contributed by atoms with Crippen LogP contribution in [-0.4, -0.2) is 4.98 Å². The first kappa shape index (κ1) is 8.32. The minimum Gasteiger partial charge on any atom is -0.305 e. The number of hydrogen-bond acceptors (Lipinski definition) is 1. The smallest absolute Gasteiger partial charge is 0.237 e. The number of halogens is 4. The highest BCUT2D eigenvalue weighted by Crippen LogP contribution is 2.09. The van der Waals surface area contributed by atoms with Crippen molar-refractivity contribution in [1.82, 2.24) is 4.98 Å². The summed E-state index contributed by atoms with van der Waals surface area (Å²) in [6.45, 7) is 0. The van der Waals surface area contributed by atoms with E-state index in [-0.39, 0.29) is 0 Å². The molecule has 0 radical (unpaired) electrons. The van der Waals surface area contributed by atoms with Crippen molar-refractivity contribution < 1.29 is 13.2 Å². The third-order valence-electron chi connectivity index (χ3n) is 1.00. The first-order chi connectivity index (χ1) is 5.04. The van der Waals surface area contributed by atoms with Gasteiger partial charge < -0.3 is 4.98 Å². The minimum absolute atomic E-state index is 0.642. The van der Waals surface area contributed by atoms with Crippen LogP contribution in [0, 0.1) is 17.7 Å². The molecular weight excluding hydrogens is 227 g/mol. The van der Waals surface area contributed by atoms with E-state index >= 15 is 0 Å². The van der Waals surface area contributed by atoms with Crippen molar-refractivity contribution in [1.29, 1.82) is 0 Å². The number of pyridine rings is 1. The fourth-order valence-corrected chi connectivity index (χ4v) is 0.775. The van der Waals surface area contributed by atoms with Crippen LogP contribution in [0.4, 0.5) is 13.2 Å². The van der Waals surface area contributed by atoms with Gasteiger partial charge in [0.2, 0.25) is 23.1 Å². The number of aromatic amines is 1. The van der Waals surface area contributed by atoms with E-state index in [4.69, 9.17) is 0 Å². The van der Waals surface area contributed by atoms with Crippen LogP contribution in [0.2, 0.25) is 0 Å². The Labute approximate surface area is 67.2 Å². The van der Waals surface area contributed by atoms with Gasteiger partial charge in [-0.2, -0.15) is 13.2 Å². The lowest BCUT2D eigenvalue weighted by Gasteiger charge is -1.94. The number of hydrogen-bond donors (Lipinski definition) is 1. The molecule has 1 aromatic rings. The van der Waals surface area contributed by atoms with Gasteiger partial charge in [-0.25, -0.2) is 0 Å². The molecule has 2 nitrogen and oxygen atoms in total. The van der Waals surface area contributed by atoms with Crippen LogP contribution in [0.15, 0.2) is 9.27 Å². The highest BCUT2D eigenvalue weighted by molar-refractivity contribution is 9.10. The Hall–Kier alpha value is -0.780. The van der Waals surface area contributed by atoms with Gasteiger partial charge in [0.05, 0.1) is 0 Å². The Morgan fingerprint density at radius 2 is 1.73 bits per heavy atom. The van der Waals surface area contributed by atoms with E-state index in [1.165, 1.54) is 4.98 Å². The average molecular weight is 228 g/mol. The van der Waals surface area contributed by atoms with Crippen molar-refractivity contribution in [2.45, 2.75) is 0 Å². The molecule has 60 valence electrons. The van der Waals surface area contributed by atoms with Crippen molar-refractivity contribution in [2.24, 2.45) is 0 Å². The van der Waals surface area contributed by atoms with Gasteiger partial charge in [-0.1, -0.05) is 0 Å². The molecule has 0 atom stereocenters. The van der Waals surface area contributed by atoms with Gasteiger partial charge in [0, 0.05) is 0 Å². The maximum Gasteiger partial charge on any atom is 0.237 e. The highest BCUT2D eigenvalue weighted by Gasteiger charge is 2.14. The molecule has 0 spiro atoms. The number of aromatic nitrogens is 1. The van der Waals surface area contributed by atoms with Crippen molar-refractivity contribution in [3.8, 4) is 0 Å². The first-order valence-corrected chi connectivity index (χ1v) is 3.25. The molecular formula is C5HBrF3NO. The minimum atomic E-state index is -1.63. The molecule has 0 saturated heterocycles. The summed E-state index contributed by atoms with van der Waals surface area (Å²) in [4.78, 5) is 11.9. The molecule has 0 amide bonds. The van der Waals surface area contributed by atoms with Crippen LogP contribution < -0.4 is 5.43 Å². The zero-order chi connectivity index (χ0) is 8.59. The monoisotopic (exact) mass is 227 g/mol. The summed E-state index contributed by atoms with van der Waals surface area (Å²) in [6.07, 6.45) is 0. The zero-order valence-corrected chi connectivity index (χ0v) is 6.51. The maximum atomic E-state index is 12.3. The van der Waals surface area contributed by atoms with Gasteiger partial charge in [0.25, 0.3) is 0 Å². The highest BCUT2D eigenvalue weighted by atomic mass is 79.9. The van der Waals surface area contributed by atoms with Gasteiger partial charge in [0.15, 0.2) is 0 Å². The third-order valence-corrected chi connectivity index (χ3v) is 1.71. The molecule has 0 aliphatic heterocycles. The Kier molecular flexibility index (Phi) is 2.03. The lowest BCUT2D eigenvalue weighted by Crippen LogP contribution is -2.14. The second-order valence-corrected chi connectivity index (χ2v) is 2.50. The van der Waals surface area contributed by atoms with E-state index in [1.807, 2.05) is 0 Å². The lowest BCUT2D eigenvalue weighted by atomic mass is 10.4. The van der Waals surface area contributed by atoms with Gasteiger partial charge >= 0.3 is 0 Å². The SMILES string of the molecule is O=c1c(F)c(F)[nH]c(F)c1Br. The van der Waals surface area contributed by atoms with Crippen LogP contribution >= 0.6 is 15.9 Å².